The number of hydrogen-bond acceptors (Lipinski definition) is 8. The second kappa shape index (κ2) is 17.0. The Balaban J connectivity index is 1.36. The summed E-state index contributed by atoms with van der Waals surface area (Å²) in [6.07, 6.45) is 6.92. The van der Waals surface area contributed by atoms with Crippen LogP contribution in [0.2, 0.25) is 0 Å². The maximum Gasteiger partial charge on any atom is 0.339 e. The van der Waals surface area contributed by atoms with Gasteiger partial charge in [-0.05, 0) is 107 Å². The highest BCUT2D eigenvalue weighted by atomic mass is 16.6. The first kappa shape index (κ1) is 38.6. The van der Waals surface area contributed by atoms with Crippen molar-refractivity contribution in [3.05, 3.63) is 122 Å². The molecule has 1 fully saturated rings. The van der Waals surface area contributed by atoms with Gasteiger partial charge in [-0.1, -0.05) is 79.4 Å². The third kappa shape index (κ3) is 8.60. The Labute approximate surface area is 324 Å². The van der Waals surface area contributed by atoms with Crippen molar-refractivity contribution in [1.29, 1.82) is 0 Å². The minimum atomic E-state index is -1.08. The average Bonchev–Trinajstić information content (AvgIpc) is 3.18. The van der Waals surface area contributed by atoms with E-state index in [2.05, 4.69) is 36.4 Å². The standard InChI is InChI=1S/C47H54O8/c1-30(2)38-23-21-32-15-18-33(19-16-32)27-34(20-17-31-11-7-5-8-12-31)28-40(48)52-43-41-39(24-22-35-29-36(25-26-51-4)45(49)53-42(35)41)55-47(3,44(43)54-46(38)50)37-13-9-6-10-14-37/h5,7-8,11-12,15-16,18-19,22,24,29,34,37,43-44H,6,9-10,13-14,17,20-21,23,25-28H2,1-4H3/t34-,43-,44+,47+/m1/s1. The van der Waals surface area contributed by atoms with Crippen LogP contribution in [0.25, 0.3) is 11.0 Å². The number of methoxy groups -OCH3 is 1. The summed E-state index contributed by atoms with van der Waals surface area (Å²) < 4.78 is 31.7. The Morgan fingerprint density at radius 3 is 2.31 bits per heavy atom. The van der Waals surface area contributed by atoms with Gasteiger partial charge in [-0.25, -0.2) is 9.59 Å². The van der Waals surface area contributed by atoms with Gasteiger partial charge in [0.1, 0.15) is 16.9 Å². The number of ether oxygens (including phenoxy) is 4. The molecule has 4 heterocycles. The lowest BCUT2D eigenvalue weighted by molar-refractivity contribution is -0.201. The first-order valence-electron chi connectivity index (χ1n) is 20.1. The van der Waals surface area contributed by atoms with Gasteiger partial charge in [0.05, 0.1) is 12.2 Å². The molecule has 0 amide bonds. The van der Waals surface area contributed by atoms with Crippen LogP contribution in [0.3, 0.4) is 0 Å². The maximum atomic E-state index is 14.5. The van der Waals surface area contributed by atoms with Crippen molar-refractivity contribution in [3.8, 4) is 5.75 Å². The van der Waals surface area contributed by atoms with Crippen LogP contribution >= 0.6 is 0 Å². The Kier molecular flexibility index (Phi) is 11.9. The van der Waals surface area contributed by atoms with Gasteiger partial charge in [0.15, 0.2) is 12.2 Å². The van der Waals surface area contributed by atoms with E-state index in [-0.39, 0.29) is 23.8 Å². The predicted molar refractivity (Wildman–Crippen MR) is 212 cm³/mol. The summed E-state index contributed by atoms with van der Waals surface area (Å²) in [5.74, 6) is -0.360. The summed E-state index contributed by atoms with van der Waals surface area (Å²) in [4.78, 5) is 42.5. The van der Waals surface area contributed by atoms with Crippen LogP contribution in [0.15, 0.2) is 93.2 Å². The summed E-state index contributed by atoms with van der Waals surface area (Å²) in [5, 5.41) is 0.663. The molecule has 4 atom stereocenters. The zero-order chi connectivity index (χ0) is 38.5. The van der Waals surface area contributed by atoms with Crippen LogP contribution in [0.4, 0.5) is 0 Å². The van der Waals surface area contributed by atoms with Crippen molar-refractivity contribution in [1.82, 2.24) is 0 Å². The molecule has 8 nitrogen and oxygen atoms in total. The fraction of sp³-hybridized carbons (Fsp3) is 0.468. The highest BCUT2D eigenvalue weighted by molar-refractivity contribution is 5.90. The number of esters is 2. The molecule has 55 heavy (non-hydrogen) atoms. The third-order valence-corrected chi connectivity index (χ3v) is 12.1. The van der Waals surface area contributed by atoms with E-state index in [1.165, 1.54) is 5.56 Å². The normalized spacial score (nSPS) is 23.7. The Morgan fingerprint density at radius 2 is 1.58 bits per heavy atom. The van der Waals surface area contributed by atoms with Crippen LogP contribution in [0.1, 0.15) is 106 Å². The number of benzene rings is 3. The number of allylic oxidation sites excluding steroid dienone is 1. The van der Waals surface area contributed by atoms with Crippen LogP contribution in [0.5, 0.6) is 5.75 Å². The quantitative estimate of drug-likeness (QED) is 0.105. The third-order valence-electron chi connectivity index (χ3n) is 12.1. The molecule has 4 aromatic rings. The van der Waals surface area contributed by atoms with Crippen LogP contribution in [-0.2, 0) is 49.5 Å². The van der Waals surface area contributed by atoms with Gasteiger partial charge >= 0.3 is 17.6 Å². The molecule has 2 bridgehead atoms. The van der Waals surface area contributed by atoms with E-state index in [0.717, 1.165) is 61.6 Å². The lowest BCUT2D eigenvalue weighted by Gasteiger charge is -2.49. The molecule has 1 aliphatic carbocycles. The minimum absolute atomic E-state index is 0.0115. The van der Waals surface area contributed by atoms with E-state index in [1.54, 1.807) is 13.2 Å². The first-order chi connectivity index (χ1) is 26.6. The number of aryl methyl sites for hydroxylation is 2. The van der Waals surface area contributed by atoms with Crippen LogP contribution in [-0.4, -0.2) is 37.4 Å². The Hall–Kier alpha value is -4.69. The van der Waals surface area contributed by atoms with Gasteiger partial charge in [-0.3, -0.25) is 4.79 Å². The molecule has 1 saturated carbocycles. The van der Waals surface area contributed by atoms with E-state index in [4.69, 9.17) is 23.4 Å². The van der Waals surface area contributed by atoms with Crippen molar-refractivity contribution in [2.24, 2.45) is 11.8 Å². The monoisotopic (exact) mass is 746 g/mol. The fourth-order valence-electron chi connectivity index (χ4n) is 8.92. The molecule has 0 saturated heterocycles. The Bertz CT molecular complexity index is 2070. The summed E-state index contributed by atoms with van der Waals surface area (Å²) in [6.45, 7) is 6.23. The van der Waals surface area contributed by atoms with Gasteiger partial charge in [0.2, 0.25) is 0 Å². The molecule has 3 aliphatic heterocycles. The zero-order valence-corrected chi connectivity index (χ0v) is 32.7. The van der Waals surface area contributed by atoms with Gasteiger partial charge in [0, 0.05) is 42.4 Å². The van der Waals surface area contributed by atoms with E-state index in [9.17, 15) is 14.4 Å². The van der Waals surface area contributed by atoms with Gasteiger partial charge in [0.25, 0.3) is 0 Å². The highest BCUT2D eigenvalue weighted by Crippen LogP contribution is 2.52. The summed E-state index contributed by atoms with van der Waals surface area (Å²) >= 11 is 0. The van der Waals surface area contributed by atoms with Crippen molar-refractivity contribution < 1.29 is 33.0 Å². The molecule has 1 aromatic heterocycles. The van der Waals surface area contributed by atoms with Crippen LogP contribution in [0, 0.1) is 11.8 Å². The molecule has 0 radical (unpaired) electrons. The maximum absolute atomic E-state index is 14.5. The molecule has 0 spiro atoms. The van der Waals surface area contributed by atoms with Gasteiger partial charge < -0.3 is 23.4 Å². The lowest BCUT2D eigenvalue weighted by atomic mass is 9.71. The number of carbonyl (C=O) groups excluding carboxylic acids is 2. The number of fused-ring (bicyclic) bond motifs is 13. The van der Waals surface area contributed by atoms with E-state index in [0.29, 0.717) is 60.1 Å². The molecular formula is C47H54O8. The molecule has 290 valence electrons. The van der Waals surface area contributed by atoms with E-state index >= 15 is 0 Å². The van der Waals surface area contributed by atoms with Crippen molar-refractivity contribution in [2.45, 2.75) is 116 Å². The van der Waals surface area contributed by atoms with Crippen molar-refractivity contribution >= 4 is 22.9 Å². The SMILES string of the molecule is COCCc1cc2ccc3c(c2oc1=O)[C@H]1OC(=O)C[C@H](CCc2ccccc2)Cc2ccc(cc2)CCC(=C(C)C)C(=O)O[C@@H]1[C@](C)(C1CCCCC1)O3. The Morgan fingerprint density at radius 1 is 0.836 bits per heavy atom. The largest absolute Gasteiger partial charge is 0.483 e. The second-order valence-corrected chi connectivity index (χ2v) is 16.1. The van der Waals surface area contributed by atoms with Gasteiger partial charge in [-0.15, -0.1) is 0 Å². The van der Waals surface area contributed by atoms with E-state index < -0.39 is 35.4 Å². The summed E-state index contributed by atoms with van der Waals surface area (Å²) in [7, 11) is 1.59. The smallest absolute Gasteiger partial charge is 0.339 e. The molecular weight excluding hydrogens is 693 g/mol. The molecule has 8 rings (SSSR count). The second-order valence-electron chi connectivity index (χ2n) is 16.1. The van der Waals surface area contributed by atoms with Crippen LogP contribution < -0.4 is 10.4 Å². The first-order valence-corrected chi connectivity index (χ1v) is 20.1. The topological polar surface area (TPSA) is 101 Å². The number of rotatable bonds is 7. The highest BCUT2D eigenvalue weighted by Gasteiger charge is 2.56. The predicted octanol–water partition coefficient (Wildman–Crippen LogP) is 9.37. The number of carbonyl (C=O) groups is 2. The molecule has 0 N–H and O–H groups in total. The summed E-state index contributed by atoms with van der Waals surface area (Å²) in [5.41, 5.74) is 4.61. The number of hydrogen-bond donors (Lipinski definition) is 0. The van der Waals surface area contributed by atoms with Crippen molar-refractivity contribution in [2.75, 3.05) is 13.7 Å². The fourth-order valence-corrected chi connectivity index (χ4v) is 8.92. The molecule has 8 heteroatoms. The molecule has 0 unspecified atom stereocenters. The summed E-state index contributed by atoms with van der Waals surface area (Å²) in [6, 6.07) is 24.4. The zero-order valence-electron chi connectivity index (χ0n) is 32.7. The average molecular weight is 747 g/mol. The van der Waals surface area contributed by atoms with Crippen molar-refractivity contribution in [3.63, 3.8) is 0 Å². The lowest BCUT2D eigenvalue weighted by Crippen LogP contribution is -2.58. The molecule has 3 aromatic carbocycles. The van der Waals surface area contributed by atoms with Gasteiger partial charge in [-0.2, -0.15) is 0 Å². The van der Waals surface area contributed by atoms with E-state index in [1.807, 2.05) is 51.1 Å². The minimum Gasteiger partial charge on any atom is -0.483 e. The molecule has 4 aliphatic rings.